The molecule has 2 rings (SSSR count). The molecule has 1 fully saturated rings. The minimum absolute atomic E-state index is 0.0519. The molecule has 2 atom stereocenters. The van der Waals surface area contributed by atoms with Gasteiger partial charge < -0.3 is 10.6 Å². The van der Waals surface area contributed by atoms with Gasteiger partial charge in [-0.05, 0) is 51.8 Å². The first-order chi connectivity index (χ1) is 12.3. The number of hydrogen-bond donors (Lipinski definition) is 2. The summed E-state index contributed by atoms with van der Waals surface area (Å²) in [6.07, 6.45) is 2.70. The quantitative estimate of drug-likeness (QED) is 0.781. The molecule has 0 unspecified atom stereocenters. The van der Waals surface area contributed by atoms with Gasteiger partial charge in [-0.25, -0.2) is 8.42 Å². The zero-order valence-electron chi connectivity index (χ0n) is 15.5. The van der Waals surface area contributed by atoms with E-state index < -0.39 is 22.0 Å². The number of likely N-dealkylation sites (N-methyl/N-ethyl adjacent to an activating group) is 1. The standard InChI is InChI=1S/C18H27N3O4S/c1-4-19-17(22)14(3)20-18(23)15-9-7-10-16(12-15)26(24,25)21-11-6-5-8-13(21)2/h7,9-10,12-14H,4-6,8,11H2,1-3H3,(H,19,22)(H,20,23)/t13-,14+/m1/s1. The Morgan fingerprint density at radius 1 is 1.31 bits per heavy atom. The third-order valence-corrected chi connectivity index (χ3v) is 6.55. The number of nitrogens with zero attached hydrogens (tertiary/aromatic N) is 1. The Hall–Kier alpha value is -1.93. The molecule has 0 radical (unpaired) electrons. The van der Waals surface area contributed by atoms with E-state index in [9.17, 15) is 18.0 Å². The van der Waals surface area contributed by atoms with Crippen LogP contribution in [0.3, 0.4) is 0 Å². The Kier molecular flexibility index (Phi) is 6.77. The number of carbonyl (C=O) groups excluding carboxylic acids is 2. The van der Waals surface area contributed by atoms with E-state index in [0.29, 0.717) is 13.1 Å². The van der Waals surface area contributed by atoms with Crippen LogP contribution in [0.2, 0.25) is 0 Å². The molecule has 0 spiro atoms. The molecule has 1 aromatic rings. The maximum Gasteiger partial charge on any atom is 0.251 e. The Balaban J connectivity index is 2.19. The molecule has 26 heavy (non-hydrogen) atoms. The minimum Gasteiger partial charge on any atom is -0.355 e. The van der Waals surface area contributed by atoms with Gasteiger partial charge >= 0.3 is 0 Å². The summed E-state index contributed by atoms with van der Waals surface area (Å²) in [5.41, 5.74) is 0.215. The van der Waals surface area contributed by atoms with Crippen LogP contribution < -0.4 is 10.6 Å². The third-order valence-electron chi connectivity index (χ3n) is 4.54. The van der Waals surface area contributed by atoms with Crippen molar-refractivity contribution in [3.63, 3.8) is 0 Å². The second kappa shape index (κ2) is 8.64. The molecule has 1 aliphatic heterocycles. The van der Waals surface area contributed by atoms with Gasteiger partial charge in [0.05, 0.1) is 4.90 Å². The molecule has 0 bridgehead atoms. The molecular formula is C18H27N3O4S. The van der Waals surface area contributed by atoms with E-state index >= 15 is 0 Å². The highest BCUT2D eigenvalue weighted by atomic mass is 32.2. The lowest BCUT2D eigenvalue weighted by molar-refractivity contribution is -0.122. The summed E-state index contributed by atoms with van der Waals surface area (Å²) in [7, 11) is -3.65. The van der Waals surface area contributed by atoms with Crippen molar-refractivity contribution in [1.29, 1.82) is 0 Å². The number of carbonyl (C=O) groups is 2. The molecule has 1 aromatic carbocycles. The fourth-order valence-corrected chi connectivity index (χ4v) is 4.78. The Morgan fingerprint density at radius 3 is 2.69 bits per heavy atom. The molecule has 7 nitrogen and oxygen atoms in total. The van der Waals surface area contributed by atoms with Gasteiger partial charge in [0.2, 0.25) is 15.9 Å². The van der Waals surface area contributed by atoms with Crippen molar-refractivity contribution in [2.24, 2.45) is 0 Å². The summed E-state index contributed by atoms with van der Waals surface area (Å²) >= 11 is 0. The molecule has 2 N–H and O–H groups in total. The van der Waals surface area contributed by atoms with Gasteiger partial charge in [0, 0.05) is 24.7 Å². The van der Waals surface area contributed by atoms with Crippen LogP contribution in [-0.2, 0) is 14.8 Å². The van der Waals surface area contributed by atoms with E-state index in [1.807, 2.05) is 6.92 Å². The smallest absolute Gasteiger partial charge is 0.251 e. The van der Waals surface area contributed by atoms with Crippen LogP contribution in [0.15, 0.2) is 29.2 Å². The van der Waals surface area contributed by atoms with E-state index in [-0.39, 0.29) is 22.4 Å². The molecule has 1 saturated heterocycles. The van der Waals surface area contributed by atoms with Crippen molar-refractivity contribution in [1.82, 2.24) is 14.9 Å². The van der Waals surface area contributed by atoms with Gasteiger partial charge in [-0.1, -0.05) is 12.5 Å². The van der Waals surface area contributed by atoms with E-state index in [1.54, 1.807) is 26.0 Å². The average molecular weight is 381 g/mol. The van der Waals surface area contributed by atoms with Gasteiger partial charge in [-0.3, -0.25) is 9.59 Å². The van der Waals surface area contributed by atoms with Crippen LogP contribution in [0, 0.1) is 0 Å². The number of hydrogen-bond acceptors (Lipinski definition) is 4. The number of sulfonamides is 1. The predicted octanol–water partition coefficient (Wildman–Crippen LogP) is 1.50. The monoisotopic (exact) mass is 381 g/mol. The number of amides is 2. The van der Waals surface area contributed by atoms with Gasteiger partial charge in [0.1, 0.15) is 6.04 Å². The summed E-state index contributed by atoms with van der Waals surface area (Å²) in [6, 6.07) is 5.21. The van der Waals surface area contributed by atoms with E-state index in [1.165, 1.54) is 16.4 Å². The average Bonchev–Trinajstić information content (AvgIpc) is 2.62. The molecule has 1 aliphatic rings. The Labute approximate surface area is 155 Å². The summed E-state index contributed by atoms with van der Waals surface area (Å²) < 4.78 is 27.3. The van der Waals surface area contributed by atoms with Gasteiger partial charge in [0.15, 0.2) is 0 Å². The third kappa shape index (κ3) is 4.62. The Bertz CT molecular complexity index is 763. The van der Waals surface area contributed by atoms with Gasteiger partial charge in [-0.15, -0.1) is 0 Å². The van der Waals surface area contributed by atoms with E-state index in [4.69, 9.17) is 0 Å². The molecule has 0 aromatic heterocycles. The lowest BCUT2D eigenvalue weighted by atomic mass is 10.1. The first-order valence-corrected chi connectivity index (χ1v) is 10.4. The van der Waals surface area contributed by atoms with Crippen LogP contribution in [0.5, 0.6) is 0 Å². The van der Waals surface area contributed by atoms with Gasteiger partial charge in [0.25, 0.3) is 5.91 Å². The number of nitrogens with one attached hydrogen (secondary N) is 2. The first-order valence-electron chi connectivity index (χ1n) is 8.98. The molecule has 2 amide bonds. The summed E-state index contributed by atoms with van der Waals surface area (Å²) in [5.74, 6) is -0.765. The number of benzene rings is 1. The summed E-state index contributed by atoms with van der Waals surface area (Å²) in [5, 5.41) is 5.22. The van der Waals surface area contributed by atoms with Crippen molar-refractivity contribution in [3.05, 3.63) is 29.8 Å². The van der Waals surface area contributed by atoms with E-state index in [2.05, 4.69) is 10.6 Å². The van der Waals surface area contributed by atoms with E-state index in [0.717, 1.165) is 19.3 Å². The minimum atomic E-state index is -3.65. The Morgan fingerprint density at radius 2 is 2.04 bits per heavy atom. The molecule has 0 aliphatic carbocycles. The second-order valence-corrected chi connectivity index (χ2v) is 8.47. The van der Waals surface area contributed by atoms with Crippen LogP contribution in [0.4, 0.5) is 0 Å². The topological polar surface area (TPSA) is 95.6 Å². The maximum absolute atomic E-state index is 12.9. The maximum atomic E-state index is 12.9. The fraction of sp³-hybridized carbons (Fsp3) is 0.556. The van der Waals surface area contributed by atoms with Crippen molar-refractivity contribution >= 4 is 21.8 Å². The highest BCUT2D eigenvalue weighted by Gasteiger charge is 2.31. The lowest BCUT2D eigenvalue weighted by Crippen LogP contribution is -2.44. The molecular weight excluding hydrogens is 354 g/mol. The van der Waals surface area contributed by atoms with Crippen LogP contribution >= 0.6 is 0 Å². The second-order valence-electron chi connectivity index (χ2n) is 6.58. The molecule has 0 saturated carbocycles. The normalized spacial score (nSPS) is 19.6. The fourth-order valence-electron chi connectivity index (χ4n) is 3.03. The summed E-state index contributed by atoms with van der Waals surface area (Å²) in [4.78, 5) is 24.2. The molecule has 144 valence electrons. The predicted molar refractivity (Wildman–Crippen MR) is 99.3 cm³/mol. The van der Waals surface area contributed by atoms with Crippen molar-refractivity contribution in [2.75, 3.05) is 13.1 Å². The van der Waals surface area contributed by atoms with Crippen LogP contribution in [0.1, 0.15) is 50.4 Å². The number of rotatable bonds is 6. The zero-order valence-corrected chi connectivity index (χ0v) is 16.3. The zero-order chi connectivity index (χ0) is 19.3. The molecule has 1 heterocycles. The largest absolute Gasteiger partial charge is 0.355 e. The van der Waals surface area contributed by atoms with Crippen LogP contribution in [-0.4, -0.2) is 49.7 Å². The van der Waals surface area contributed by atoms with Crippen LogP contribution in [0.25, 0.3) is 0 Å². The lowest BCUT2D eigenvalue weighted by Gasteiger charge is -2.32. The summed E-state index contributed by atoms with van der Waals surface area (Å²) in [6.45, 7) is 6.25. The first kappa shape index (κ1) is 20.4. The van der Waals surface area contributed by atoms with Crippen molar-refractivity contribution in [2.45, 2.75) is 57.0 Å². The van der Waals surface area contributed by atoms with Crippen molar-refractivity contribution < 1.29 is 18.0 Å². The van der Waals surface area contributed by atoms with Crippen molar-refractivity contribution in [3.8, 4) is 0 Å². The SMILES string of the molecule is CCNC(=O)[C@H](C)NC(=O)c1cccc(S(=O)(=O)N2CCCC[C@H]2C)c1. The van der Waals surface area contributed by atoms with Gasteiger partial charge in [-0.2, -0.15) is 4.31 Å². The highest BCUT2D eigenvalue weighted by Crippen LogP contribution is 2.25. The number of piperidine rings is 1. The molecule has 8 heteroatoms. The highest BCUT2D eigenvalue weighted by molar-refractivity contribution is 7.89.